The van der Waals surface area contributed by atoms with E-state index in [0.717, 1.165) is 12.5 Å². The van der Waals surface area contributed by atoms with Gasteiger partial charge in [-0.2, -0.15) is 4.98 Å². The molecule has 2 N–H and O–H groups in total. The molecule has 0 aliphatic carbocycles. The van der Waals surface area contributed by atoms with Crippen molar-refractivity contribution in [2.45, 2.75) is 19.4 Å². The summed E-state index contributed by atoms with van der Waals surface area (Å²) in [5.74, 6) is 0.210. The van der Waals surface area contributed by atoms with E-state index in [4.69, 9.17) is 16.3 Å². The standard InChI is InChI=1S/C19H21ClN6O3/c1-3-16(27)23-12-5-6-15(21-9-12)18(28)26-8-7-13(11-26)24-19-22-10-14(20)17(25-19)29-4-2/h3,5-6,9-10,13H,1,4,7-8,11H2,2H3,(H,23,27)(H,22,24,25)/t13-/m0/s1. The van der Waals surface area contributed by atoms with Gasteiger partial charge in [0, 0.05) is 19.1 Å². The number of pyridine rings is 1. The monoisotopic (exact) mass is 416 g/mol. The Morgan fingerprint density at radius 1 is 1.38 bits per heavy atom. The van der Waals surface area contributed by atoms with Crippen molar-refractivity contribution in [1.82, 2.24) is 19.9 Å². The Balaban J connectivity index is 1.59. The zero-order chi connectivity index (χ0) is 20.8. The molecule has 3 rings (SSSR count). The third-order valence-electron chi connectivity index (χ3n) is 4.24. The molecule has 152 valence electrons. The van der Waals surface area contributed by atoms with Crippen LogP contribution in [0.2, 0.25) is 5.02 Å². The SMILES string of the molecule is C=CC(=O)Nc1ccc(C(=O)N2CC[C@H](Nc3ncc(Cl)c(OCC)n3)C2)nc1. The largest absolute Gasteiger partial charge is 0.477 e. The number of rotatable bonds is 7. The van der Waals surface area contributed by atoms with Crippen LogP contribution in [0.4, 0.5) is 11.6 Å². The van der Waals surface area contributed by atoms with Crippen molar-refractivity contribution in [1.29, 1.82) is 0 Å². The van der Waals surface area contributed by atoms with Crippen molar-refractivity contribution < 1.29 is 14.3 Å². The summed E-state index contributed by atoms with van der Waals surface area (Å²) in [6.45, 7) is 6.76. The molecule has 9 nitrogen and oxygen atoms in total. The first-order chi connectivity index (χ1) is 14.0. The first-order valence-electron chi connectivity index (χ1n) is 9.10. The Bertz CT molecular complexity index is 905. The van der Waals surface area contributed by atoms with E-state index in [-0.39, 0.29) is 17.9 Å². The van der Waals surface area contributed by atoms with Gasteiger partial charge in [-0.25, -0.2) is 9.97 Å². The molecule has 1 aliphatic rings. The lowest BCUT2D eigenvalue weighted by Gasteiger charge is -2.17. The Morgan fingerprint density at radius 2 is 2.21 bits per heavy atom. The second kappa shape index (κ2) is 9.33. The van der Waals surface area contributed by atoms with Crippen LogP contribution in [0, 0.1) is 0 Å². The summed E-state index contributed by atoms with van der Waals surface area (Å²) < 4.78 is 5.37. The van der Waals surface area contributed by atoms with E-state index in [1.54, 1.807) is 17.0 Å². The van der Waals surface area contributed by atoms with Crippen LogP contribution in [0.3, 0.4) is 0 Å². The summed E-state index contributed by atoms with van der Waals surface area (Å²) in [5, 5.41) is 6.15. The molecule has 0 saturated carbocycles. The highest BCUT2D eigenvalue weighted by molar-refractivity contribution is 6.31. The summed E-state index contributed by atoms with van der Waals surface area (Å²) in [4.78, 5) is 38.3. The fourth-order valence-corrected chi connectivity index (χ4v) is 3.00. The topological polar surface area (TPSA) is 109 Å². The second-order valence-corrected chi connectivity index (χ2v) is 6.69. The third kappa shape index (κ3) is 5.20. The highest BCUT2D eigenvalue weighted by atomic mass is 35.5. The zero-order valence-electron chi connectivity index (χ0n) is 15.9. The maximum Gasteiger partial charge on any atom is 0.272 e. The van der Waals surface area contributed by atoms with Crippen molar-refractivity contribution in [2.75, 3.05) is 30.3 Å². The number of hydrogen-bond donors (Lipinski definition) is 2. The number of aromatic nitrogens is 3. The average Bonchev–Trinajstić information content (AvgIpc) is 3.19. The quantitative estimate of drug-likeness (QED) is 0.667. The lowest BCUT2D eigenvalue weighted by Crippen LogP contribution is -2.32. The molecule has 0 bridgehead atoms. The average molecular weight is 417 g/mol. The number of nitrogens with one attached hydrogen (secondary N) is 2. The van der Waals surface area contributed by atoms with Crippen molar-refractivity contribution in [3.8, 4) is 5.88 Å². The van der Waals surface area contributed by atoms with Gasteiger partial charge in [0.1, 0.15) is 10.7 Å². The van der Waals surface area contributed by atoms with Crippen LogP contribution in [0.15, 0.2) is 37.2 Å². The molecule has 3 heterocycles. The molecule has 0 radical (unpaired) electrons. The molecular formula is C19H21ClN6O3. The molecule has 10 heteroatoms. The number of carbonyl (C=O) groups excluding carboxylic acids is 2. The minimum absolute atomic E-state index is 0.000699. The fraction of sp³-hybridized carbons (Fsp3) is 0.316. The highest BCUT2D eigenvalue weighted by Gasteiger charge is 2.28. The van der Waals surface area contributed by atoms with Gasteiger partial charge in [0.15, 0.2) is 0 Å². The van der Waals surface area contributed by atoms with Crippen molar-refractivity contribution in [3.05, 3.63) is 47.9 Å². The minimum Gasteiger partial charge on any atom is -0.477 e. The molecule has 2 amide bonds. The van der Waals surface area contributed by atoms with Crippen molar-refractivity contribution >= 4 is 35.1 Å². The summed E-state index contributed by atoms with van der Waals surface area (Å²) in [7, 11) is 0. The minimum atomic E-state index is -0.337. The van der Waals surface area contributed by atoms with Gasteiger partial charge >= 0.3 is 0 Å². The van der Waals surface area contributed by atoms with Crippen LogP contribution >= 0.6 is 11.6 Å². The van der Waals surface area contributed by atoms with Crippen LogP contribution in [0.25, 0.3) is 0 Å². The number of nitrogens with zero attached hydrogens (tertiary/aromatic N) is 4. The van der Waals surface area contributed by atoms with Gasteiger partial charge in [-0.3, -0.25) is 9.59 Å². The van der Waals surface area contributed by atoms with Crippen molar-refractivity contribution in [3.63, 3.8) is 0 Å². The molecule has 1 aliphatic heterocycles. The maximum absolute atomic E-state index is 12.7. The Morgan fingerprint density at radius 3 is 2.90 bits per heavy atom. The number of ether oxygens (including phenoxy) is 1. The van der Waals surface area contributed by atoms with E-state index in [1.165, 1.54) is 12.4 Å². The summed E-state index contributed by atoms with van der Waals surface area (Å²) in [6, 6.07) is 3.21. The van der Waals surface area contributed by atoms with Gasteiger partial charge < -0.3 is 20.3 Å². The number of halogens is 1. The molecule has 1 atom stereocenters. The molecule has 0 spiro atoms. The number of amides is 2. The van der Waals surface area contributed by atoms with Gasteiger partial charge in [-0.1, -0.05) is 18.2 Å². The lowest BCUT2D eigenvalue weighted by molar-refractivity contribution is -0.111. The summed E-state index contributed by atoms with van der Waals surface area (Å²) in [5.41, 5.74) is 0.807. The molecule has 1 fully saturated rings. The van der Waals surface area contributed by atoms with Crippen LogP contribution in [-0.2, 0) is 4.79 Å². The van der Waals surface area contributed by atoms with Gasteiger partial charge in [0.25, 0.3) is 5.91 Å². The van der Waals surface area contributed by atoms with Gasteiger partial charge in [0.2, 0.25) is 17.7 Å². The van der Waals surface area contributed by atoms with E-state index in [2.05, 4.69) is 32.2 Å². The molecule has 0 aromatic carbocycles. The van der Waals surface area contributed by atoms with E-state index in [9.17, 15) is 9.59 Å². The normalized spacial score (nSPS) is 15.7. The highest BCUT2D eigenvalue weighted by Crippen LogP contribution is 2.23. The molecule has 0 unspecified atom stereocenters. The summed E-state index contributed by atoms with van der Waals surface area (Å²) >= 11 is 6.01. The number of anilines is 2. The van der Waals surface area contributed by atoms with Crippen LogP contribution < -0.4 is 15.4 Å². The second-order valence-electron chi connectivity index (χ2n) is 6.29. The molecule has 29 heavy (non-hydrogen) atoms. The molecule has 2 aromatic rings. The van der Waals surface area contributed by atoms with E-state index in [0.29, 0.717) is 47.9 Å². The zero-order valence-corrected chi connectivity index (χ0v) is 16.6. The lowest BCUT2D eigenvalue weighted by atomic mass is 10.3. The molecule has 1 saturated heterocycles. The van der Waals surface area contributed by atoms with Gasteiger partial charge in [0.05, 0.1) is 24.7 Å². The third-order valence-corrected chi connectivity index (χ3v) is 4.50. The Kier molecular flexibility index (Phi) is 6.61. The predicted octanol–water partition coefficient (Wildman–Crippen LogP) is 2.37. The Labute approximate surface area is 173 Å². The van der Waals surface area contributed by atoms with Crippen LogP contribution in [0.1, 0.15) is 23.8 Å². The Hall–Kier alpha value is -3.20. The van der Waals surface area contributed by atoms with Gasteiger partial charge in [-0.15, -0.1) is 0 Å². The van der Waals surface area contributed by atoms with Crippen molar-refractivity contribution in [2.24, 2.45) is 0 Å². The van der Waals surface area contributed by atoms with Gasteiger partial charge in [-0.05, 0) is 31.6 Å². The summed E-state index contributed by atoms with van der Waals surface area (Å²) in [6.07, 6.45) is 4.83. The molecule has 2 aromatic heterocycles. The van der Waals surface area contributed by atoms with Crippen LogP contribution in [0.5, 0.6) is 5.88 Å². The maximum atomic E-state index is 12.7. The molecular weight excluding hydrogens is 396 g/mol. The number of hydrogen-bond acceptors (Lipinski definition) is 7. The fourth-order valence-electron chi connectivity index (χ4n) is 2.85. The smallest absolute Gasteiger partial charge is 0.272 e. The first-order valence-corrected chi connectivity index (χ1v) is 9.48. The van der Waals surface area contributed by atoms with E-state index < -0.39 is 0 Å². The van der Waals surface area contributed by atoms with E-state index in [1.807, 2.05) is 6.92 Å². The number of likely N-dealkylation sites (tertiary alicyclic amines) is 1. The predicted molar refractivity (Wildman–Crippen MR) is 109 cm³/mol. The first kappa shape index (κ1) is 20.5. The van der Waals surface area contributed by atoms with Crippen LogP contribution in [-0.4, -0.2) is 57.4 Å². The number of carbonyl (C=O) groups is 2. The van der Waals surface area contributed by atoms with E-state index >= 15 is 0 Å².